The van der Waals surface area contributed by atoms with Gasteiger partial charge in [0.05, 0.1) is 5.69 Å². The van der Waals surface area contributed by atoms with Gasteiger partial charge in [0.1, 0.15) is 5.75 Å². The lowest BCUT2D eigenvalue weighted by atomic mass is 10.1. The van der Waals surface area contributed by atoms with E-state index >= 15 is 0 Å². The largest absolute Gasteiger partial charge is 0.476 e. The summed E-state index contributed by atoms with van der Waals surface area (Å²) in [5.74, 6) is 4.01. The molecule has 0 spiro atoms. The van der Waals surface area contributed by atoms with Crippen molar-refractivity contribution < 1.29 is 14.6 Å². The summed E-state index contributed by atoms with van der Waals surface area (Å²) in [7, 11) is 0. The molecule has 0 unspecified atom stereocenters. The van der Waals surface area contributed by atoms with Crippen LogP contribution in [0.25, 0.3) is 11.3 Å². The summed E-state index contributed by atoms with van der Waals surface area (Å²) in [5, 5.41) is 15.4. The van der Waals surface area contributed by atoms with E-state index in [0.717, 1.165) is 11.3 Å². The molecule has 7 N–H and O–H groups in total. The number of hydrogen-bond donors (Lipinski definition) is 5. The number of hydrazine groups is 1. The monoisotopic (exact) mass is 275 g/mol. The van der Waals surface area contributed by atoms with Gasteiger partial charge in [0, 0.05) is 6.20 Å². The summed E-state index contributed by atoms with van der Waals surface area (Å²) in [6.07, 6.45) is 1.65. The van der Waals surface area contributed by atoms with Crippen LogP contribution in [-0.4, -0.2) is 21.3 Å². The van der Waals surface area contributed by atoms with Gasteiger partial charge in [-0.2, -0.15) is 5.10 Å². The molecule has 8 heteroatoms. The van der Waals surface area contributed by atoms with Crippen LogP contribution in [0.15, 0.2) is 48.1 Å². The zero-order chi connectivity index (χ0) is 14.5. The predicted molar refractivity (Wildman–Crippen MR) is 70.8 cm³/mol. The molecule has 1 heterocycles. The molecule has 1 aromatic carbocycles. The van der Waals surface area contributed by atoms with Crippen molar-refractivity contribution in [3.05, 3.63) is 48.1 Å². The maximum Gasteiger partial charge on any atom is 0.357 e. The zero-order valence-electron chi connectivity index (χ0n) is 10.3. The second-order valence-corrected chi connectivity index (χ2v) is 3.79. The molecule has 8 nitrogen and oxygen atoms in total. The quantitative estimate of drug-likeness (QED) is 0.226. The zero-order valence-corrected chi connectivity index (χ0v) is 10.3. The molecule has 0 radical (unpaired) electrons. The van der Waals surface area contributed by atoms with Gasteiger partial charge in [0.15, 0.2) is 5.70 Å². The van der Waals surface area contributed by atoms with E-state index in [1.54, 1.807) is 30.5 Å². The Hall–Kier alpha value is -3.00. The fraction of sp³-hybridized carbons (Fsp3) is 0. The highest BCUT2D eigenvalue weighted by Gasteiger charge is 2.12. The van der Waals surface area contributed by atoms with Crippen LogP contribution in [0.4, 0.5) is 0 Å². The smallest absolute Gasteiger partial charge is 0.357 e. The summed E-state index contributed by atoms with van der Waals surface area (Å²) in [4.78, 5) is 10.7. The number of carbonyl (C=O) groups is 1. The molecule has 0 bridgehead atoms. The molecule has 0 fully saturated rings. The number of aromatic amines is 1. The Morgan fingerprint density at radius 1 is 1.30 bits per heavy atom. The van der Waals surface area contributed by atoms with E-state index < -0.39 is 11.7 Å². The lowest BCUT2D eigenvalue weighted by molar-refractivity contribution is -0.132. The van der Waals surface area contributed by atoms with Gasteiger partial charge < -0.3 is 15.6 Å². The van der Waals surface area contributed by atoms with E-state index in [0.29, 0.717) is 5.75 Å². The normalized spacial score (nSPS) is 11.7. The summed E-state index contributed by atoms with van der Waals surface area (Å²) in [6.45, 7) is 0. The van der Waals surface area contributed by atoms with Crippen molar-refractivity contribution in [1.29, 1.82) is 0 Å². The second kappa shape index (κ2) is 5.76. The predicted octanol–water partition coefficient (Wildman–Crippen LogP) is 0.131. The number of nitrogens with one attached hydrogen (secondary N) is 2. The Kier molecular flexibility index (Phi) is 3.87. The molecule has 104 valence electrons. The molecule has 0 atom stereocenters. The molecule has 0 aliphatic heterocycles. The fourth-order valence-electron chi connectivity index (χ4n) is 1.50. The van der Waals surface area contributed by atoms with E-state index in [-0.39, 0.29) is 5.88 Å². The highest BCUT2D eigenvalue weighted by molar-refractivity contribution is 5.85. The lowest BCUT2D eigenvalue weighted by Gasteiger charge is -2.10. The van der Waals surface area contributed by atoms with Crippen LogP contribution >= 0.6 is 0 Å². The molecule has 1 aromatic heterocycles. The summed E-state index contributed by atoms with van der Waals surface area (Å²) >= 11 is 0. The van der Waals surface area contributed by atoms with Gasteiger partial charge >= 0.3 is 5.97 Å². The fourth-order valence-corrected chi connectivity index (χ4v) is 1.50. The van der Waals surface area contributed by atoms with Gasteiger partial charge in [-0.15, -0.1) is 0 Å². The molecular formula is C12H13N5O3. The van der Waals surface area contributed by atoms with Crippen molar-refractivity contribution in [2.75, 3.05) is 0 Å². The number of H-pyrrole nitrogens is 1. The Morgan fingerprint density at radius 2 is 2.00 bits per heavy atom. The number of benzene rings is 1. The number of nitrogens with two attached hydrogens (primary N) is 2. The van der Waals surface area contributed by atoms with E-state index in [1.807, 2.05) is 6.07 Å². The van der Waals surface area contributed by atoms with Gasteiger partial charge in [-0.05, 0) is 35.9 Å². The van der Waals surface area contributed by atoms with Crippen LogP contribution in [0.1, 0.15) is 0 Å². The Bertz CT molecular complexity index is 619. The average molecular weight is 275 g/mol. The van der Waals surface area contributed by atoms with Crippen molar-refractivity contribution >= 4 is 5.97 Å². The lowest BCUT2D eigenvalue weighted by Crippen LogP contribution is -2.31. The summed E-state index contributed by atoms with van der Waals surface area (Å²) in [6, 6.07) is 8.71. The average Bonchev–Trinajstić information content (AvgIpc) is 2.98. The van der Waals surface area contributed by atoms with E-state index in [9.17, 15) is 4.79 Å². The van der Waals surface area contributed by atoms with Crippen LogP contribution in [0, 0.1) is 0 Å². The van der Waals surface area contributed by atoms with Gasteiger partial charge in [-0.25, -0.2) is 10.6 Å². The minimum atomic E-state index is -1.33. The molecule has 0 aliphatic carbocycles. The SMILES string of the molecule is NN/C(Oc1ccc(-c2ccn[nH]2)cc1)=C(\N)C(=O)O. The standard InChI is InChI=1S/C12H13N5O3/c13-10(12(18)19)11(16-14)20-8-3-1-7(2-4-8)9-5-6-15-17-9/h1-6,16H,13-14H2,(H,15,17)(H,18,19)/b11-10+. The number of hydrogen-bond acceptors (Lipinski definition) is 6. The number of aliphatic carboxylic acids is 1. The Labute approximate surface area is 114 Å². The van der Waals surface area contributed by atoms with Crippen LogP contribution in [0.2, 0.25) is 0 Å². The van der Waals surface area contributed by atoms with Crippen molar-refractivity contribution in [1.82, 2.24) is 15.6 Å². The second-order valence-electron chi connectivity index (χ2n) is 3.79. The molecule has 2 aromatic rings. The van der Waals surface area contributed by atoms with Crippen molar-refractivity contribution in [2.24, 2.45) is 11.6 Å². The van der Waals surface area contributed by atoms with E-state index in [4.69, 9.17) is 21.4 Å². The molecule has 0 amide bonds. The van der Waals surface area contributed by atoms with Gasteiger partial charge in [-0.1, -0.05) is 0 Å². The van der Waals surface area contributed by atoms with E-state index in [1.165, 1.54) is 0 Å². The topological polar surface area (TPSA) is 139 Å². The van der Waals surface area contributed by atoms with Gasteiger partial charge in [0.25, 0.3) is 0 Å². The number of carboxylic acid groups (broad SMARTS) is 1. The molecule has 0 saturated carbocycles. The third kappa shape index (κ3) is 2.87. The van der Waals surface area contributed by atoms with E-state index in [2.05, 4.69) is 15.6 Å². The van der Waals surface area contributed by atoms with Crippen molar-refractivity contribution in [2.45, 2.75) is 0 Å². The first kappa shape index (κ1) is 13.4. The summed E-state index contributed by atoms with van der Waals surface area (Å²) in [5.41, 5.74) is 8.69. The van der Waals surface area contributed by atoms with Crippen LogP contribution < -0.4 is 21.7 Å². The maximum absolute atomic E-state index is 10.7. The maximum atomic E-state index is 10.7. The molecule has 0 aliphatic rings. The Balaban J connectivity index is 2.19. The van der Waals surface area contributed by atoms with Crippen LogP contribution in [0.5, 0.6) is 5.75 Å². The summed E-state index contributed by atoms with van der Waals surface area (Å²) < 4.78 is 5.27. The van der Waals surface area contributed by atoms with Gasteiger partial charge in [0.2, 0.25) is 5.88 Å². The first-order chi connectivity index (χ1) is 9.61. The minimum absolute atomic E-state index is 0.230. The molecule has 20 heavy (non-hydrogen) atoms. The third-order valence-corrected chi connectivity index (χ3v) is 2.49. The number of nitrogens with zero attached hydrogens (tertiary/aromatic N) is 1. The van der Waals surface area contributed by atoms with Crippen LogP contribution in [-0.2, 0) is 4.79 Å². The molecular weight excluding hydrogens is 262 g/mol. The highest BCUT2D eigenvalue weighted by Crippen LogP contribution is 2.21. The first-order valence-electron chi connectivity index (χ1n) is 5.59. The highest BCUT2D eigenvalue weighted by atomic mass is 16.5. The number of aromatic nitrogens is 2. The first-order valence-corrected chi connectivity index (χ1v) is 5.59. The molecule has 2 rings (SSSR count). The van der Waals surface area contributed by atoms with Crippen molar-refractivity contribution in [3.63, 3.8) is 0 Å². The van der Waals surface area contributed by atoms with Gasteiger partial charge in [-0.3, -0.25) is 10.5 Å². The minimum Gasteiger partial charge on any atom is -0.476 e. The Morgan fingerprint density at radius 3 is 2.50 bits per heavy atom. The third-order valence-electron chi connectivity index (χ3n) is 2.49. The number of ether oxygens (including phenoxy) is 1. The number of rotatable bonds is 5. The molecule has 0 saturated heterocycles. The van der Waals surface area contributed by atoms with Crippen LogP contribution in [0.3, 0.4) is 0 Å². The van der Waals surface area contributed by atoms with Crippen molar-refractivity contribution in [3.8, 4) is 17.0 Å². The number of carboxylic acids is 1.